The summed E-state index contributed by atoms with van der Waals surface area (Å²) < 4.78 is 10.4. The molecule has 90 valence electrons. The first-order valence-electron chi connectivity index (χ1n) is 5.22. The smallest absolute Gasteiger partial charge is 0.224 e. The molecule has 0 saturated carbocycles. The Morgan fingerprint density at radius 2 is 1.94 bits per heavy atom. The fourth-order valence-electron chi connectivity index (χ4n) is 1.74. The van der Waals surface area contributed by atoms with E-state index in [9.17, 15) is 5.11 Å². The number of aliphatic hydroxyl groups is 1. The van der Waals surface area contributed by atoms with Crippen molar-refractivity contribution < 1.29 is 14.6 Å². The van der Waals surface area contributed by atoms with Crippen LogP contribution in [0.2, 0.25) is 0 Å². The van der Waals surface area contributed by atoms with E-state index in [-0.39, 0.29) is 0 Å². The first-order valence-corrected chi connectivity index (χ1v) is 5.22. The average Bonchev–Trinajstić information content (AvgIpc) is 2.36. The van der Waals surface area contributed by atoms with Crippen LogP contribution in [0.5, 0.6) is 11.6 Å². The van der Waals surface area contributed by atoms with E-state index in [0.717, 1.165) is 5.39 Å². The summed E-state index contributed by atoms with van der Waals surface area (Å²) in [7, 11) is 3.12. The van der Waals surface area contributed by atoms with Gasteiger partial charge in [0.2, 0.25) is 5.88 Å². The molecule has 0 fully saturated rings. The predicted molar refractivity (Wildman–Crippen MR) is 63.3 cm³/mol. The minimum atomic E-state index is -0.632. The largest absolute Gasteiger partial charge is 0.497 e. The van der Waals surface area contributed by atoms with Crippen LogP contribution >= 0.6 is 0 Å². The molecular weight excluding hydrogens is 220 g/mol. The molecule has 0 aliphatic heterocycles. The lowest BCUT2D eigenvalue weighted by Crippen LogP contribution is -1.99. The average molecular weight is 234 g/mol. The summed E-state index contributed by atoms with van der Waals surface area (Å²) in [6, 6.07) is 3.56. The number of hydrogen-bond donors (Lipinski definition) is 1. The summed E-state index contributed by atoms with van der Waals surface area (Å²) in [5.41, 5.74) is 1.37. The molecule has 5 nitrogen and oxygen atoms in total. The Balaban J connectivity index is 2.80. The Hall–Kier alpha value is -1.88. The number of hydrogen-bond acceptors (Lipinski definition) is 5. The Kier molecular flexibility index (Phi) is 3.10. The molecule has 0 radical (unpaired) electrons. The van der Waals surface area contributed by atoms with Crippen LogP contribution in [0.3, 0.4) is 0 Å². The van der Waals surface area contributed by atoms with E-state index in [0.29, 0.717) is 22.7 Å². The summed E-state index contributed by atoms with van der Waals surface area (Å²) >= 11 is 0. The lowest BCUT2D eigenvalue weighted by atomic mass is 10.1. The van der Waals surface area contributed by atoms with E-state index < -0.39 is 6.10 Å². The van der Waals surface area contributed by atoms with Crippen LogP contribution in [0, 0.1) is 0 Å². The van der Waals surface area contributed by atoms with E-state index in [4.69, 9.17) is 9.47 Å². The quantitative estimate of drug-likeness (QED) is 0.875. The first kappa shape index (κ1) is 11.6. The van der Waals surface area contributed by atoms with Crippen molar-refractivity contribution in [1.29, 1.82) is 0 Å². The molecule has 0 aliphatic carbocycles. The summed E-state index contributed by atoms with van der Waals surface area (Å²) in [4.78, 5) is 8.21. The molecule has 5 heteroatoms. The van der Waals surface area contributed by atoms with Gasteiger partial charge in [-0.2, -0.15) is 0 Å². The van der Waals surface area contributed by atoms with Gasteiger partial charge in [0.1, 0.15) is 12.1 Å². The summed E-state index contributed by atoms with van der Waals surface area (Å²) in [6.45, 7) is 1.68. The zero-order valence-electron chi connectivity index (χ0n) is 9.97. The van der Waals surface area contributed by atoms with Crippen molar-refractivity contribution in [2.75, 3.05) is 14.2 Å². The van der Waals surface area contributed by atoms with E-state index in [1.54, 1.807) is 33.3 Å². The van der Waals surface area contributed by atoms with Crippen molar-refractivity contribution in [2.45, 2.75) is 13.0 Å². The second-order valence-corrected chi connectivity index (χ2v) is 3.67. The third-order valence-electron chi connectivity index (χ3n) is 2.58. The van der Waals surface area contributed by atoms with Crippen molar-refractivity contribution >= 4 is 10.9 Å². The van der Waals surface area contributed by atoms with Gasteiger partial charge in [-0.05, 0) is 19.1 Å². The summed E-state index contributed by atoms with van der Waals surface area (Å²) in [6.07, 6.45) is 0.784. The number of nitrogens with zero attached hydrogens (tertiary/aromatic N) is 2. The van der Waals surface area contributed by atoms with Gasteiger partial charge in [0.25, 0.3) is 0 Å². The number of ether oxygens (including phenoxy) is 2. The normalized spacial score (nSPS) is 12.5. The van der Waals surface area contributed by atoms with E-state index in [1.165, 1.54) is 6.33 Å². The summed E-state index contributed by atoms with van der Waals surface area (Å²) in [5, 5.41) is 10.5. The molecule has 17 heavy (non-hydrogen) atoms. The van der Waals surface area contributed by atoms with Crippen molar-refractivity contribution in [3.8, 4) is 11.6 Å². The Labute approximate surface area is 99.0 Å². The van der Waals surface area contributed by atoms with Gasteiger partial charge in [-0.3, -0.25) is 0 Å². The van der Waals surface area contributed by atoms with E-state index >= 15 is 0 Å². The molecular formula is C12H14N2O3. The maximum Gasteiger partial charge on any atom is 0.224 e. The van der Waals surface area contributed by atoms with Gasteiger partial charge in [0, 0.05) is 5.56 Å². The van der Waals surface area contributed by atoms with Crippen LogP contribution in [0.15, 0.2) is 18.5 Å². The minimum Gasteiger partial charge on any atom is -0.497 e. The van der Waals surface area contributed by atoms with Gasteiger partial charge in [-0.25, -0.2) is 9.97 Å². The highest BCUT2D eigenvalue weighted by Crippen LogP contribution is 2.31. The van der Waals surface area contributed by atoms with Crippen LogP contribution in [0.4, 0.5) is 0 Å². The lowest BCUT2D eigenvalue weighted by molar-refractivity contribution is 0.200. The zero-order valence-corrected chi connectivity index (χ0v) is 9.97. The molecule has 1 N–H and O–H groups in total. The standard InChI is InChI=1S/C12H14N2O3/c1-7(15)9-4-8(16-2)5-10-11(9)13-6-14-12(10)17-3/h4-7,15H,1-3H3. The highest BCUT2D eigenvalue weighted by Gasteiger charge is 2.13. The van der Waals surface area contributed by atoms with Gasteiger partial charge in [-0.15, -0.1) is 0 Å². The third kappa shape index (κ3) is 2.01. The van der Waals surface area contributed by atoms with Crippen LogP contribution < -0.4 is 9.47 Å². The van der Waals surface area contributed by atoms with Crippen molar-refractivity contribution in [3.05, 3.63) is 24.0 Å². The molecule has 2 rings (SSSR count). The minimum absolute atomic E-state index is 0.468. The highest BCUT2D eigenvalue weighted by atomic mass is 16.5. The fraction of sp³-hybridized carbons (Fsp3) is 0.333. The molecule has 1 unspecified atom stereocenters. The predicted octanol–water partition coefficient (Wildman–Crippen LogP) is 1.70. The molecule has 0 amide bonds. The first-order chi connectivity index (χ1) is 8.17. The molecule has 1 heterocycles. The molecule has 2 aromatic rings. The topological polar surface area (TPSA) is 64.5 Å². The van der Waals surface area contributed by atoms with Gasteiger partial charge in [0.05, 0.1) is 31.2 Å². The fourth-order valence-corrected chi connectivity index (χ4v) is 1.74. The Morgan fingerprint density at radius 3 is 2.53 bits per heavy atom. The number of fused-ring (bicyclic) bond motifs is 1. The second-order valence-electron chi connectivity index (χ2n) is 3.67. The maximum atomic E-state index is 9.75. The lowest BCUT2D eigenvalue weighted by Gasteiger charge is -2.12. The second kappa shape index (κ2) is 4.55. The Morgan fingerprint density at radius 1 is 1.18 bits per heavy atom. The maximum absolute atomic E-state index is 9.75. The molecule has 1 aromatic heterocycles. The van der Waals surface area contributed by atoms with Crippen LogP contribution in [-0.4, -0.2) is 29.3 Å². The molecule has 1 aromatic carbocycles. The van der Waals surface area contributed by atoms with Gasteiger partial charge in [-0.1, -0.05) is 0 Å². The monoisotopic (exact) mass is 234 g/mol. The van der Waals surface area contributed by atoms with Crippen LogP contribution in [0.1, 0.15) is 18.6 Å². The van der Waals surface area contributed by atoms with Crippen LogP contribution in [0.25, 0.3) is 10.9 Å². The molecule has 1 atom stereocenters. The number of rotatable bonds is 3. The Bertz CT molecular complexity index is 541. The SMILES string of the molecule is COc1cc(C(C)O)c2ncnc(OC)c2c1. The summed E-state index contributed by atoms with van der Waals surface area (Å²) in [5.74, 6) is 1.11. The molecule has 0 spiro atoms. The molecule has 0 saturated heterocycles. The van der Waals surface area contributed by atoms with Crippen molar-refractivity contribution in [1.82, 2.24) is 9.97 Å². The number of aliphatic hydroxyl groups excluding tert-OH is 1. The highest BCUT2D eigenvalue weighted by molar-refractivity contribution is 5.87. The van der Waals surface area contributed by atoms with Crippen LogP contribution in [-0.2, 0) is 0 Å². The molecule has 0 bridgehead atoms. The zero-order chi connectivity index (χ0) is 12.4. The number of methoxy groups -OCH3 is 2. The van der Waals surface area contributed by atoms with Gasteiger partial charge in [0.15, 0.2) is 0 Å². The van der Waals surface area contributed by atoms with Gasteiger partial charge >= 0.3 is 0 Å². The van der Waals surface area contributed by atoms with Gasteiger partial charge < -0.3 is 14.6 Å². The van der Waals surface area contributed by atoms with E-state index in [1.807, 2.05) is 0 Å². The third-order valence-corrected chi connectivity index (χ3v) is 2.58. The number of benzene rings is 1. The molecule has 0 aliphatic rings. The van der Waals surface area contributed by atoms with Crippen molar-refractivity contribution in [3.63, 3.8) is 0 Å². The van der Waals surface area contributed by atoms with E-state index in [2.05, 4.69) is 9.97 Å². The van der Waals surface area contributed by atoms with Crippen molar-refractivity contribution in [2.24, 2.45) is 0 Å². The number of aromatic nitrogens is 2.